The average Bonchev–Trinajstić information content (AvgIpc) is 2.53. The number of nitro groups is 1. The minimum absolute atomic E-state index is 0.159. The average molecular weight is 290 g/mol. The molecule has 21 heavy (non-hydrogen) atoms. The SMILES string of the molecule is CNc1ccc(C(=O)N2CCOC(C#N)C2)cc1[N+](=O)[O-]. The molecule has 0 aliphatic carbocycles. The second-order valence-electron chi connectivity index (χ2n) is 4.48. The van der Waals surface area contributed by atoms with Crippen LogP contribution in [0.15, 0.2) is 18.2 Å². The zero-order valence-electron chi connectivity index (χ0n) is 11.4. The fraction of sp³-hybridized carbons (Fsp3) is 0.385. The zero-order chi connectivity index (χ0) is 15.4. The van der Waals surface area contributed by atoms with Crippen molar-refractivity contribution in [3.8, 4) is 6.07 Å². The molecule has 8 heteroatoms. The number of nitrogens with zero attached hydrogens (tertiary/aromatic N) is 3. The minimum Gasteiger partial charge on any atom is -0.383 e. The summed E-state index contributed by atoms with van der Waals surface area (Å²) in [7, 11) is 1.57. The van der Waals surface area contributed by atoms with Gasteiger partial charge in [-0.2, -0.15) is 5.26 Å². The summed E-state index contributed by atoms with van der Waals surface area (Å²) in [5.74, 6) is -0.343. The van der Waals surface area contributed by atoms with Crippen LogP contribution in [0.4, 0.5) is 11.4 Å². The van der Waals surface area contributed by atoms with Gasteiger partial charge in [0.1, 0.15) is 5.69 Å². The molecule has 1 aliphatic heterocycles. The lowest BCUT2D eigenvalue weighted by Crippen LogP contribution is -2.45. The normalized spacial score (nSPS) is 17.9. The van der Waals surface area contributed by atoms with Crippen LogP contribution in [0.25, 0.3) is 0 Å². The van der Waals surface area contributed by atoms with Crippen LogP contribution in [-0.4, -0.2) is 48.6 Å². The number of morpholine rings is 1. The van der Waals surface area contributed by atoms with E-state index in [-0.39, 0.29) is 30.3 Å². The molecular formula is C13H14N4O4. The van der Waals surface area contributed by atoms with Gasteiger partial charge in [0, 0.05) is 25.2 Å². The second kappa shape index (κ2) is 6.19. The Bertz CT molecular complexity index is 611. The summed E-state index contributed by atoms with van der Waals surface area (Å²) < 4.78 is 5.17. The van der Waals surface area contributed by atoms with Crippen LogP contribution in [0.5, 0.6) is 0 Å². The Balaban J connectivity index is 2.25. The smallest absolute Gasteiger partial charge is 0.293 e. The molecule has 1 saturated heterocycles. The van der Waals surface area contributed by atoms with Crippen molar-refractivity contribution >= 4 is 17.3 Å². The van der Waals surface area contributed by atoms with Gasteiger partial charge in [0.05, 0.1) is 24.1 Å². The number of hydrogen-bond acceptors (Lipinski definition) is 6. The lowest BCUT2D eigenvalue weighted by Gasteiger charge is -2.29. The van der Waals surface area contributed by atoms with Gasteiger partial charge >= 0.3 is 0 Å². The van der Waals surface area contributed by atoms with E-state index in [0.717, 1.165) is 0 Å². The van der Waals surface area contributed by atoms with E-state index >= 15 is 0 Å². The third kappa shape index (κ3) is 3.09. The zero-order valence-corrected chi connectivity index (χ0v) is 11.4. The number of carbonyl (C=O) groups excluding carboxylic acids is 1. The number of amides is 1. The summed E-state index contributed by atoms with van der Waals surface area (Å²) in [5, 5.41) is 22.6. The number of carbonyl (C=O) groups is 1. The molecule has 0 saturated carbocycles. The molecule has 1 heterocycles. The molecule has 1 N–H and O–H groups in total. The minimum atomic E-state index is -0.658. The highest BCUT2D eigenvalue weighted by molar-refractivity contribution is 5.95. The van der Waals surface area contributed by atoms with Crippen molar-refractivity contribution in [1.29, 1.82) is 5.26 Å². The first-order chi connectivity index (χ1) is 10.1. The van der Waals surface area contributed by atoms with Crippen molar-refractivity contribution in [3.63, 3.8) is 0 Å². The summed E-state index contributed by atoms with van der Waals surface area (Å²) in [6.45, 7) is 0.802. The van der Waals surface area contributed by atoms with Crippen LogP contribution in [0, 0.1) is 21.4 Å². The lowest BCUT2D eigenvalue weighted by atomic mass is 10.1. The summed E-state index contributed by atoms with van der Waals surface area (Å²) in [5.41, 5.74) is 0.404. The summed E-state index contributed by atoms with van der Waals surface area (Å²) in [6, 6.07) is 6.21. The highest BCUT2D eigenvalue weighted by Crippen LogP contribution is 2.26. The summed E-state index contributed by atoms with van der Waals surface area (Å²) in [4.78, 5) is 24.3. The van der Waals surface area contributed by atoms with Gasteiger partial charge in [0.15, 0.2) is 6.10 Å². The summed E-state index contributed by atoms with van der Waals surface area (Å²) in [6.07, 6.45) is -0.658. The van der Waals surface area contributed by atoms with E-state index in [9.17, 15) is 14.9 Å². The Morgan fingerprint density at radius 2 is 2.38 bits per heavy atom. The van der Waals surface area contributed by atoms with E-state index < -0.39 is 11.0 Å². The standard InChI is InChI=1S/C13H14N4O4/c1-15-11-3-2-9(6-12(11)17(19)20)13(18)16-4-5-21-10(7-14)8-16/h2-3,6,10,15H,4-5,8H2,1H3. The van der Waals surface area contributed by atoms with E-state index in [0.29, 0.717) is 12.2 Å². The highest BCUT2D eigenvalue weighted by atomic mass is 16.6. The maximum atomic E-state index is 12.4. The fourth-order valence-electron chi connectivity index (χ4n) is 2.12. The van der Waals surface area contributed by atoms with Crippen LogP contribution < -0.4 is 5.32 Å². The number of ether oxygens (including phenoxy) is 1. The quantitative estimate of drug-likeness (QED) is 0.657. The number of benzene rings is 1. The predicted octanol–water partition coefficient (Wildman–Crippen LogP) is 1.00. The van der Waals surface area contributed by atoms with Crippen LogP contribution >= 0.6 is 0 Å². The Morgan fingerprint density at radius 3 is 3.00 bits per heavy atom. The number of nitro benzene ring substituents is 1. The Morgan fingerprint density at radius 1 is 1.62 bits per heavy atom. The van der Waals surface area contributed by atoms with Crippen molar-refractivity contribution in [2.24, 2.45) is 0 Å². The van der Waals surface area contributed by atoms with Crippen molar-refractivity contribution in [2.45, 2.75) is 6.10 Å². The van der Waals surface area contributed by atoms with Gasteiger partial charge in [-0.3, -0.25) is 14.9 Å². The number of hydrogen-bond donors (Lipinski definition) is 1. The van der Waals surface area contributed by atoms with Gasteiger partial charge in [-0.15, -0.1) is 0 Å². The molecule has 0 radical (unpaired) electrons. The third-order valence-electron chi connectivity index (χ3n) is 3.21. The first-order valence-corrected chi connectivity index (χ1v) is 6.33. The second-order valence-corrected chi connectivity index (χ2v) is 4.48. The Kier molecular flexibility index (Phi) is 4.35. The maximum absolute atomic E-state index is 12.4. The molecule has 1 aliphatic rings. The largest absolute Gasteiger partial charge is 0.383 e. The maximum Gasteiger partial charge on any atom is 0.293 e. The molecule has 1 atom stereocenters. The van der Waals surface area contributed by atoms with E-state index in [1.165, 1.54) is 23.1 Å². The summed E-state index contributed by atoms with van der Waals surface area (Å²) >= 11 is 0. The molecule has 8 nitrogen and oxygen atoms in total. The van der Waals surface area contributed by atoms with Crippen LogP contribution in [0.1, 0.15) is 10.4 Å². The third-order valence-corrected chi connectivity index (χ3v) is 3.21. The molecule has 1 amide bonds. The fourth-order valence-corrected chi connectivity index (χ4v) is 2.12. The molecule has 0 bridgehead atoms. The van der Waals surface area contributed by atoms with Gasteiger partial charge in [0.25, 0.3) is 11.6 Å². The molecule has 2 rings (SSSR count). The molecule has 1 unspecified atom stereocenters. The molecule has 1 fully saturated rings. The van der Waals surface area contributed by atoms with E-state index in [1.807, 2.05) is 6.07 Å². The molecule has 0 aromatic heterocycles. The predicted molar refractivity (Wildman–Crippen MR) is 73.9 cm³/mol. The number of rotatable bonds is 3. The Labute approximate surface area is 121 Å². The van der Waals surface area contributed by atoms with Crippen molar-refractivity contribution in [2.75, 3.05) is 32.1 Å². The van der Waals surface area contributed by atoms with Crippen LogP contribution in [0.3, 0.4) is 0 Å². The van der Waals surface area contributed by atoms with Gasteiger partial charge in [-0.1, -0.05) is 0 Å². The van der Waals surface area contributed by atoms with Gasteiger partial charge in [0.2, 0.25) is 0 Å². The molecule has 0 spiro atoms. The number of nitrogens with one attached hydrogen (secondary N) is 1. The van der Waals surface area contributed by atoms with Crippen molar-refractivity contribution in [3.05, 3.63) is 33.9 Å². The first kappa shape index (κ1) is 14.7. The van der Waals surface area contributed by atoms with E-state index in [2.05, 4.69) is 5.32 Å². The topological polar surface area (TPSA) is 109 Å². The van der Waals surface area contributed by atoms with Crippen molar-refractivity contribution in [1.82, 2.24) is 4.90 Å². The molecular weight excluding hydrogens is 276 g/mol. The molecule has 110 valence electrons. The van der Waals surface area contributed by atoms with Crippen LogP contribution in [0.2, 0.25) is 0 Å². The van der Waals surface area contributed by atoms with E-state index in [4.69, 9.17) is 10.00 Å². The molecule has 1 aromatic carbocycles. The van der Waals surface area contributed by atoms with Crippen molar-refractivity contribution < 1.29 is 14.5 Å². The van der Waals surface area contributed by atoms with Gasteiger partial charge < -0.3 is 15.0 Å². The lowest BCUT2D eigenvalue weighted by molar-refractivity contribution is -0.384. The van der Waals surface area contributed by atoms with E-state index in [1.54, 1.807) is 7.05 Å². The number of nitriles is 1. The molecule has 1 aromatic rings. The monoisotopic (exact) mass is 290 g/mol. The van der Waals surface area contributed by atoms with Gasteiger partial charge in [-0.05, 0) is 12.1 Å². The number of anilines is 1. The first-order valence-electron chi connectivity index (χ1n) is 6.33. The van der Waals surface area contributed by atoms with Gasteiger partial charge in [-0.25, -0.2) is 0 Å². The Hall–Kier alpha value is -2.66. The highest BCUT2D eigenvalue weighted by Gasteiger charge is 2.26. The van der Waals surface area contributed by atoms with Crippen LogP contribution in [-0.2, 0) is 4.74 Å².